The first-order valence-corrected chi connectivity index (χ1v) is 5.11. The van der Waals surface area contributed by atoms with Crippen molar-refractivity contribution in [3.63, 3.8) is 0 Å². The largest absolute Gasteiger partial charge is 0.382 e. The van der Waals surface area contributed by atoms with Crippen molar-refractivity contribution in [1.29, 1.82) is 0 Å². The quantitative estimate of drug-likeness (QED) is 0.835. The van der Waals surface area contributed by atoms with E-state index in [1.54, 1.807) is 23.7 Å². The molecule has 0 radical (unpaired) electrons. The van der Waals surface area contributed by atoms with E-state index in [0.717, 1.165) is 5.69 Å². The zero-order chi connectivity index (χ0) is 11.0. The van der Waals surface area contributed by atoms with Gasteiger partial charge in [0, 0.05) is 5.02 Å². The molecule has 0 spiro atoms. The van der Waals surface area contributed by atoms with Crippen molar-refractivity contribution in [3.05, 3.63) is 40.0 Å². The van der Waals surface area contributed by atoms with E-state index >= 15 is 0 Å². The normalized spacial score (nSPS) is 10.6. The van der Waals surface area contributed by atoms with Crippen LogP contribution in [0.2, 0.25) is 10.0 Å². The second kappa shape index (κ2) is 3.76. The van der Waals surface area contributed by atoms with E-state index in [9.17, 15) is 0 Å². The van der Waals surface area contributed by atoms with Gasteiger partial charge >= 0.3 is 0 Å². The lowest BCUT2D eigenvalue weighted by Gasteiger charge is -2.03. The molecule has 0 aliphatic rings. The Kier molecular flexibility index (Phi) is 2.59. The molecule has 15 heavy (non-hydrogen) atoms. The number of aromatic nitrogens is 2. The Hall–Kier alpha value is -1.19. The molecule has 0 saturated carbocycles. The van der Waals surface area contributed by atoms with Gasteiger partial charge in [-0.15, -0.1) is 0 Å². The van der Waals surface area contributed by atoms with E-state index in [1.165, 1.54) is 0 Å². The second-order valence-corrected chi connectivity index (χ2v) is 3.99. The predicted molar refractivity (Wildman–Crippen MR) is 62.7 cm³/mol. The van der Waals surface area contributed by atoms with Crippen LogP contribution in [0.5, 0.6) is 0 Å². The van der Waals surface area contributed by atoms with Crippen LogP contribution in [0.4, 0.5) is 5.82 Å². The van der Waals surface area contributed by atoms with Gasteiger partial charge in [-0.25, -0.2) is 4.68 Å². The predicted octanol–water partition coefficient (Wildman–Crippen LogP) is 3.07. The highest BCUT2D eigenvalue weighted by molar-refractivity contribution is 6.33. The van der Waals surface area contributed by atoms with Crippen molar-refractivity contribution < 1.29 is 0 Å². The highest BCUT2D eigenvalue weighted by Crippen LogP contribution is 2.26. The monoisotopic (exact) mass is 241 g/mol. The minimum atomic E-state index is 0.427. The molecule has 3 nitrogen and oxygen atoms in total. The maximum Gasteiger partial charge on any atom is 0.146 e. The molecule has 0 bridgehead atoms. The van der Waals surface area contributed by atoms with Crippen molar-refractivity contribution in [2.75, 3.05) is 5.73 Å². The lowest BCUT2D eigenvalue weighted by Crippen LogP contribution is -2.01. The first-order chi connectivity index (χ1) is 7.09. The first kappa shape index (κ1) is 10.3. The molecule has 5 heteroatoms. The van der Waals surface area contributed by atoms with Crippen LogP contribution in [-0.4, -0.2) is 9.78 Å². The summed E-state index contributed by atoms with van der Waals surface area (Å²) in [4.78, 5) is 0. The fraction of sp³-hybridized carbons (Fsp3) is 0.100. The standard InChI is InChI=1S/C10H9Cl2N3/c1-6-9(12)10(13)15(14-6)8-4-2-3-7(11)5-8/h2-5H,13H2,1H3. The van der Waals surface area contributed by atoms with Gasteiger partial charge in [0.15, 0.2) is 0 Å². The molecule has 78 valence electrons. The molecule has 0 unspecified atom stereocenters. The SMILES string of the molecule is Cc1nn(-c2cccc(Cl)c2)c(N)c1Cl. The molecule has 0 fully saturated rings. The third-order valence-corrected chi connectivity index (χ3v) is 2.78. The van der Waals surface area contributed by atoms with Crippen molar-refractivity contribution in [3.8, 4) is 5.69 Å². The third-order valence-electron chi connectivity index (χ3n) is 2.07. The van der Waals surface area contributed by atoms with Crippen LogP contribution in [-0.2, 0) is 0 Å². The molecule has 1 aromatic heterocycles. The van der Waals surface area contributed by atoms with E-state index in [4.69, 9.17) is 28.9 Å². The Morgan fingerprint density at radius 2 is 2.07 bits per heavy atom. The van der Waals surface area contributed by atoms with Crippen LogP contribution >= 0.6 is 23.2 Å². The number of hydrogen-bond donors (Lipinski definition) is 1. The van der Waals surface area contributed by atoms with Crippen LogP contribution in [0.25, 0.3) is 5.69 Å². The van der Waals surface area contributed by atoms with E-state index in [0.29, 0.717) is 21.6 Å². The molecule has 0 aliphatic carbocycles. The van der Waals surface area contributed by atoms with Crippen molar-refractivity contribution in [1.82, 2.24) is 9.78 Å². The van der Waals surface area contributed by atoms with Crippen LogP contribution < -0.4 is 5.73 Å². The van der Waals surface area contributed by atoms with Crippen LogP contribution in [0, 0.1) is 6.92 Å². The lowest BCUT2D eigenvalue weighted by molar-refractivity contribution is 0.872. The van der Waals surface area contributed by atoms with Crippen molar-refractivity contribution in [2.24, 2.45) is 0 Å². The van der Waals surface area contributed by atoms with Crippen LogP contribution in [0.3, 0.4) is 0 Å². The van der Waals surface area contributed by atoms with E-state index in [2.05, 4.69) is 5.10 Å². The van der Waals surface area contributed by atoms with E-state index < -0.39 is 0 Å². The molecule has 2 rings (SSSR count). The molecule has 0 saturated heterocycles. The molecule has 2 aromatic rings. The molecule has 2 N–H and O–H groups in total. The summed E-state index contributed by atoms with van der Waals surface area (Å²) in [5.74, 6) is 0.427. The maximum atomic E-state index is 5.95. The molecule has 1 aromatic carbocycles. The summed E-state index contributed by atoms with van der Waals surface area (Å²) in [5.41, 5.74) is 7.31. The van der Waals surface area contributed by atoms with Gasteiger partial charge in [0.05, 0.1) is 11.4 Å². The van der Waals surface area contributed by atoms with Crippen LogP contribution in [0.1, 0.15) is 5.69 Å². The average molecular weight is 242 g/mol. The van der Waals surface area contributed by atoms with Gasteiger partial charge in [0.2, 0.25) is 0 Å². The minimum Gasteiger partial charge on any atom is -0.382 e. The third kappa shape index (κ3) is 1.80. The Labute approximate surface area is 97.4 Å². The van der Waals surface area contributed by atoms with E-state index in [1.807, 2.05) is 12.1 Å². The number of aryl methyl sites for hydroxylation is 1. The molecule has 1 heterocycles. The highest BCUT2D eigenvalue weighted by Gasteiger charge is 2.11. The summed E-state index contributed by atoms with van der Waals surface area (Å²) in [5, 5.41) is 5.34. The van der Waals surface area contributed by atoms with Gasteiger partial charge in [0.1, 0.15) is 10.8 Å². The summed E-state index contributed by atoms with van der Waals surface area (Å²) in [6.45, 7) is 1.81. The molecule has 0 atom stereocenters. The minimum absolute atomic E-state index is 0.427. The second-order valence-electron chi connectivity index (χ2n) is 3.18. The average Bonchev–Trinajstić information content (AvgIpc) is 2.46. The fourth-order valence-corrected chi connectivity index (χ4v) is 1.63. The molecular formula is C10H9Cl2N3. The lowest BCUT2D eigenvalue weighted by atomic mass is 10.3. The number of hydrogen-bond acceptors (Lipinski definition) is 2. The van der Waals surface area contributed by atoms with Gasteiger partial charge in [0.25, 0.3) is 0 Å². The fourth-order valence-electron chi connectivity index (χ4n) is 1.33. The summed E-state index contributed by atoms with van der Waals surface area (Å²) in [6, 6.07) is 7.27. The summed E-state index contributed by atoms with van der Waals surface area (Å²) >= 11 is 11.8. The van der Waals surface area contributed by atoms with Gasteiger partial charge in [-0.1, -0.05) is 29.3 Å². The molecular weight excluding hydrogens is 233 g/mol. The Morgan fingerprint density at radius 3 is 2.60 bits per heavy atom. The van der Waals surface area contributed by atoms with Gasteiger partial charge in [-0.05, 0) is 25.1 Å². The summed E-state index contributed by atoms with van der Waals surface area (Å²) in [6.07, 6.45) is 0. The number of anilines is 1. The molecule has 0 aliphatic heterocycles. The number of nitrogen functional groups attached to an aromatic ring is 1. The number of rotatable bonds is 1. The van der Waals surface area contributed by atoms with Crippen molar-refractivity contribution >= 4 is 29.0 Å². The maximum absolute atomic E-state index is 5.95. The molecule has 0 amide bonds. The zero-order valence-corrected chi connectivity index (χ0v) is 9.55. The van der Waals surface area contributed by atoms with Gasteiger partial charge < -0.3 is 5.73 Å². The Bertz CT molecular complexity index is 505. The number of benzene rings is 1. The smallest absolute Gasteiger partial charge is 0.146 e. The van der Waals surface area contributed by atoms with E-state index in [-0.39, 0.29) is 0 Å². The number of halogens is 2. The van der Waals surface area contributed by atoms with Crippen molar-refractivity contribution in [2.45, 2.75) is 6.92 Å². The summed E-state index contributed by atoms with van der Waals surface area (Å²) < 4.78 is 1.57. The topological polar surface area (TPSA) is 43.8 Å². The van der Waals surface area contributed by atoms with Crippen LogP contribution in [0.15, 0.2) is 24.3 Å². The zero-order valence-electron chi connectivity index (χ0n) is 8.04. The first-order valence-electron chi connectivity index (χ1n) is 4.36. The number of nitrogens with zero attached hydrogens (tertiary/aromatic N) is 2. The Morgan fingerprint density at radius 1 is 1.33 bits per heavy atom. The number of nitrogens with two attached hydrogens (primary N) is 1. The van der Waals surface area contributed by atoms with Gasteiger partial charge in [-0.2, -0.15) is 5.10 Å². The summed E-state index contributed by atoms with van der Waals surface area (Å²) in [7, 11) is 0. The Balaban J connectivity index is 2.59. The highest BCUT2D eigenvalue weighted by atomic mass is 35.5. The van der Waals surface area contributed by atoms with Gasteiger partial charge in [-0.3, -0.25) is 0 Å².